The third kappa shape index (κ3) is 72.9. The van der Waals surface area contributed by atoms with Gasteiger partial charge in [0.15, 0.2) is 0 Å². The van der Waals surface area contributed by atoms with Gasteiger partial charge in [-0.05, 0) is 12.5 Å². The van der Waals surface area contributed by atoms with Gasteiger partial charge in [0.05, 0.1) is 0 Å². The number of aliphatic hydroxyl groups is 1. The number of rotatable bonds is 10. The molecule has 0 aromatic rings. The van der Waals surface area contributed by atoms with Gasteiger partial charge >= 0.3 is 10.4 Å². The van der Waals surface area contributed by atoms with Crippen LogP contribution in [0.3, 0.4) is 0 Å². The smallest absolute Gasteiger partial charge is 0.394 e. The monoisotopic (exact) mass is 343 g/mol. The van der Waals surface area contributed by atoms with Crippen molar-refractivity contribution in [2.75, 3.05) is 6.61 Å². The van der Waals surface area contributed by atoms with Crippen molar-refractivity contribution in [3.63, 3.8) is 0 Å². The third-order valence-electron chi connectivity index (χ3n) is 2.51. The summed E-state index contributed by atoms with van der Waals surface area (Å²) in [4.78, 5) is 0. The Morgan fingerprint density at radius 3 is 1.27 bits per heavy atom. The van der Waals surface area contributed by atoms with Crippen LogP contribution in [0.5, 0.6) is 0 Å². The first-order valence-electron chi connectivity index (χ1n) is 8.21. The SMILES string of the molecule is CC(C)N.CCCCCCCCCCCCO.O=S(=O)(O)O. The summed E-state index contributed by atoms with van der Waals surface area (Å²) >= 11 is 0. The van der Waals surface area contributed by atoms with Crippen LogP contribution in [-0.4, -0.2) is 35.3 Å². The predicted octanol–water partition coefficient (Wildman–Crippen LogP) is 3.60. The molecule has 0 atom stereocenters. The first kappa shape index (κ1) is 26.7. The molecule has 0 rings (SSSR count). The molecule has 0 aliphatic heterocycles. The van der Waals surface area contributed by atoms with Crippen LogP contribution in [0, 0.1) is 0 Å². The molecule has 22 heavy (non-hydrogen) atoms. The molecule has 0 aliphatic carbocycles. The Balaban J connectivity index is -0.000000330. The Morgan fingerprint density at radius 2 is 1.05 bits per heavy atom. The predicted molar refractivity (Wildman–Crippen MR) is 92.4 cm³/mol. The molecule has 0 saturated carbocycles. The van der Waals surface area contributed by atoms with Gasteiger partial charge in [-0.1, -0.05) is 78.6 Å². The van der Waals surface area contributed by atoms with Crippen LogP contribution in [0.25, 0.3) is 0 Å². The average Bonchev–Trinajstić information content (AvgIpc) is 2.34. The summed E-state index contributed by atoms with van der Waals surface area (Å²) in [5, 5.41) is 8.57. The molecule has 5 N–H and O–H groups in total. The van der Waals surface area contributed by atoms with E-state index in [1.165, 1.54) is 57.8 Å². The Morgan fingerprint density at radius 1 is 0.818 bits per heavy atom. The minimum absolute atomic E-state index is 0.333. The van der Waals surface area contributed by atoms with E-state index in [-0.39, 0.29) is 0 Å². The van der Waals surface area contributed by atoms with Crippen molar-refractivity contribution in [1.82, 2.24) is 0 Å². The van der Waals surface area contributed by atoms with Crippen molar-refractivity contribution >= 4 is 10.4 Å². The standard InChI is InChI=1S/C12H26O.C3H9N.H2O4S/c1-2-3-4-5-6-7-8-9-10-11-12-13;1-3(2)4;1-5(2,3)4/h13H,2-12H2,1H3;3H,4H2,1-2H3;(H2,1,2,3,4). The normalized spacial score (nSPS) is 10.5. The van der Waals surface area contributed by atoms with Gasteiger partial charge in [0.2, 0.25) is 0 Å². The summed E-state index contributed by atoms with van der Waals surface area (Å²) in [6.07, 6.45) is 13.3. The quantitative estimate of drug-likeness (QED) is 0.355. The van der Waals surface area contributed by atoms with Gasteiger partial charge in [0.25, 0.3) is 0 Å². The van der Waals surface area contributed by atoms with Crippen LogP contribution < -0.4 is 5.73 Å². The van der Waals surface area contributed by atoms with E-state index in [4.69, 9.17) is 28.4 Å². The van der Waals surface area contributed by atoms with Crippen LogP contribution in [0.1, 0.15) is 85.0 Å². The Kier molecular flexibility index (Phi) is 25.2. The van der Waals surface area contributed by atoms with Crippen molar-refractivity contribution in [2.24, 2.45) is 5.73 Å². The molecule has 7 heteroatoms. The van der Waals surface area contributed by atoms with E-state index in [1.54, 1.807) is 0 Å². The number of aliphatic hydroxyl groups excluding tert-OH is 1. The lowest BCUT2D eigenvalue weighted by atomic mass is 10.1. The molecular formula is C15H37NO5S. The summed E-state index contributed by atoms with van der Waals surface area (Å²) in [5.74, 6) is 0. The van der Waals surface area contributed by atoms with E-state index in [1.807, 2.05) is 13.8 Å². The molecular weight excluding hydrogens is 306 g/mol. The summed E-state index contributed by atoms with van der Waals surface area (Å²) in [7, 11) is -4.67. The second kappa shape index (κ2) is 20.8. The van der Waals surface area contributed by atoms with E-state index in [9.17, 15) is 0 Å². The Hall–Kier alpha value is -0.210. The van der Waals surface area contributed by atoms with Crippen LogP contribution in [0.2, 0.25) is 0 Å². The number of nitrogens with two attached hydrogens (primary N) is 1. The number of unbranched alkanes of at least 4 members (excludes halogenated alkanes) is 9. The van der Waals surface area contributed by atoms with Gasteiger partial charge in [0, 0.05) is 6.61 Å². The third-order valence-corrected chi connectivity index (χ3v) is 2.51. The van der Waals surface area contributed by atoms with E-state index < -0.39 is 10.4 Å². The zero-order chi connectivity index (χ0) is 17.9. The molecule has 0 saturated heterocycles. The van der Waals surface area contributed by atoms with Gasteiger partial charge in [-0.15, -0.1) is 0 Å². The second-order valence-corrected chi connectivity index (χ2v) is 6.49. The molecule has 0 unspecified atom stereocenters. The Bertz CT molecular complexity index is 261. The largest absolute Gasteiger partial charge is 0.396 e. The van der Waals surface area contributed by atoms with Crippen LogP contribution in [0.4, 0.5) is 0 Å². The summed E-state index contributed by atoms with van der Waals surface area (Å²) < 4.78 is 31.6. The van der Waals surface area contributed by atoms with Crippen LogP contribution >= 0.6 is 0 Å². The van der Waals surface area contributed by atoms with Crippen LogP contribution in [-0.2, 0) is 10.4 Å². The summed E-state index contributed by atoms with van der Waals surface area (Å²) in [6, 6.07) is 0.333. The molecule has 6 nitrogen and oxygen atoms in total. The highest BCUT2D eigenvalue weighted by Crippen LogP contribution is 2.09. The van der Waals surface area contributed by atoms with Gasteiger partial charge in [-0.3, -0.25) is 9.11 Å². The maximum absolute atomic E-state index is 8.74. The molecule has 138 valence electrons. The maximum atomic E-state index is 8.74. The van der Waals surface area contributed by atoms with Gasteiger partial charge in [-0.25, -0.2) is 0 Å². The molecule has 0 aliphatic rings. The van der Waals surface area contributed by atoms with Gasteiger partial charge in [0.1, 0.15) is 0 Å². The van der Waals surface area contributed by atoms with Crippen molar-refractivity contribution in [2.45, 2.75) is 91.0 Å². The highest BCUT2D eigenvalue weighted by atomic mass is 32.3. The molecule has 0 amide bonds. The zero-order valence-corrected chi connectivity index (χ0v) is 15.3. The van der Waals surface area contributed by atoms with Crippen molar-refractivity contribution in [1.29, 1.82) is 0 Å². The fraction of sp³-hybridized carbons (Fsp3) is 1.00. The molecule has 0 fully saturated rings. The van der Waals surface area contributed by atoms with Crippen molar-refractivity contribution in [3.05, 3.63) is 0 Å². The molecule has 0 aromatic carbocycles. The average molecular weight is 344 g/mol. The lowest BCUT2D eigenvalue weighted by Gasteiger charge is -2.00. The lowest BCUT2D eigenvalue weighted by molar-refractivity contribution is 0.282. The first-order chi connectivity index (χ1) is 10.1. The molecule has 0 aromatic heterocycles. The van der Waals surface area contributed by atoms with Crippen LogP contribution in [0.15, 0.2) is 0 Å². The highest BCUT2D eigenvalue weighted by molar-refractivity contribution is 7.79. The van der Waals surface area contributed by atoms with E-state index in [0.717, 1.165) is 6.42 Å². The lowest BCUT2D eigenvalue weighted by Crippen LogP contribution is -2.06. The van der Waals surface area contributed by atoms with Gasteiger partial charge < -0.3 is 10.8 Å². The molecule has 0 spiro atoms. The van der Waals surface area contributed by atoms with Gasteiger partial charge in [-0.2, -0.15) is 8.42 Å². The number of hydrogen-bond donors (Lipinski definition) is 4. The fourth-order valence-corrected chi connectivity index (χ4v) is 1.60. The van der Waals surface area contributed by atoms with E-state index >= 15 is 0 Å². The van der Waals surface area contributed by atoms with E-state index in [2.05, 4.69) is 6.92 Å². The Labute approximate surface area is 137 Å². The van der Waals surface area contributed by atoms with E-state index in [0.29, 0.717) is 12.6 Å². The summed E-state index contributed by atoms with van der Waals surface area (Å²) in [5.41, 5.74) is 5.11. The highest BCUT2D eigenvalue weighted by Gasteiger charge is 1.91. The minimum Gasteiger partial charge on any atom is -0.396 e. The zero-order valence-electron chi connectivity index (χ0n) is 14.5. The topological polar surface area (TPSA) is 121 Å². The molecule has 0 bridgehead atoms. The fourth-order valence-electron chi connectivity index (χ4n) is 1.60. The number of hydrogen-bond acceptors (Lipinski definition) is 4. The second-order valence-electron chi connectivity index (χ2n) is 5.60. The maximum Gasteiger partial charge on any atom is 0.394 e. The minimum atomic E-state index is -4.67. The van der Waals surface area contributed by atoms with Crippen molar-refractivity contribution in [3.8, 4) is 0 Å². The molecule has 0 heterocycles. The van der Waals surface area contributed by atoms with Crippen molar-refractivity contribution < 1.29 is 22.6 Å². The first-order valence-corrected chi connectivity index (χ1v) is 9.61. The summed E-state index contributed by atoms with van der Waals surface area (Å²) in [6.45, 7) is 6.52. The molecule has 0 radical (unpaired) electrons.